The van der Waals surface area contributed by atoms with Gasteiger partial charge in [-0.2, -0.15) is 10.5 Å². The molecule has 2 rings (SSSR count). The van der Waals surface area contributed by atoms with Crippen LogP contribution in [0.2, 0.25) is 0 Å². The van der Waals surface area contributed by atoms with Gasteiger partial charge < -0.3 is 0 Å². The molecule has 1 saturated carbocycles. The summed E-state index contributed by atoms with van der Waals surface area (Å²) < 4.78 is 0. The van der Waals surface area contributed by atoms with Crippen LogP contribution in [0.25, 0.3) is 0 Å². The summed E-state index contributed by atoms with van der Waals surface area (Å²) in [5.41, 5.74) is 1.37. The molecule has 1 aromatic heterocycles. The molecular weight excluding hydrogens is 292 g/mol. The van der Waals surface area contributed by atoms with E-state index < -0.39 is 0 Å². The van der Waals surface area contributed by atoms with Gasteiger partial charge in [-0.1, -0.05) is 29.8 Å². The third-order valence-corrected chi connectivity index (χ3v) is 4.91. The molecule has 1 aliphatic rings. The zero-order valence-corrected chi connectivity index (χ0v) is 11.9. The molecule has 18 heavy (non-hydrogen) atoms. The summed E-state index contributed by atoms with van der Waals surface area (Å²) in [4.78, 5) is 0.233. The number of rotatable bonds is 2. The minimum Gasteiger partial charge on any atom is -0.191 e. The maximum absolute atomic E-state index is 9.18. The fraction of sp³-hybridized carbons (Fsp3) is 0.538. The van der Waals surface area contributed by atoms with Crippen molar-refractivity contribution in [1.29, 1.82) is 10.5 Å². The van der Waals surface area contributed by atoms with E-state index in [4.69, 9.17) is 5.26 Å². The summed E-state index contributed by atoms with van der Waals surface area (Å²) in [5.74, 6) is 0.467. The molecule has 0 amide bonds. The second kappa shape index (κ2) is 4.66. The fourth-order valence-corrected chi connectivity index (χ4v) is 3.76. The maximum atomic E-state index is 9.18. The topological polar surface area (TPSA) is 73.4 Å². The standard InChI is InChI=1S/C13H13BrN4/c1-8-3-4-13(8,9(2)14)11-5-10(6-15)17-18-12(11)7-16/h5,8-9H,3-4H2,1-2H3. The molecule has 0 bridgehead atoms. The molecule has 0 aliphatic heterocycles. The summed E-state index contributed by atoms with van der Waals surface area (Å²) in [6, 6.07) is 5.81. The van der Waals surface area contributed by atoms with E-state index in [0.29, 0.717) is 11.6 Å². The van der Waals surface area contributed by atoms with E-state index in [0.717, 1.165) is 18.4 Å². The summed E-state index contributed by atoms with van der Waals surface area (Å²) in [6.45, 7) is 4.26. The number of nitriles is 2. The average molecular weight is 305 g/mol. The summed E-state index contributed by atoms with van der Waals surface area (Å²) in [7, 11) is 0. The van der Waals surface area contributed by atoms with E-state index in [9.17, 15) is 5.26 Å². The molecule has 0 spiro atoms. The van der Waals surface area contributed by atoms with Crippen molar-refractivity contribution in [1.82, 2.24) is 10.2 Å². The van der Waals surface area contributed by atoms with Gasteiger partial charge in [0.05, 0.1) is 0 Å². The van der Waals surface area contributed by atoms with Gasteiger partial charge in [-0.05, 0) is 24.8 Å². The molecule has 0 saturated heterocycles. The first-order valence-corrected chi connectivity index (χ1v) is 6.80. The fourth-order valence-electron chi connectivity index (χ4n) is 2.83. The Morgan fingerprint density at radius 1 is 1.44 bits per heavy atom. The van der Waals surface area contributed by atoms with Crippen LogP contribution in [0.5, 0.6) is 0 Å². The van der Waals surface area contributed by atoms with E-state index in [2.05, 4.69) is 46.0 Å². The minimum absolute atomic E-state index is 0.105. The number of halogens is 1. The Hall–Kier alpha value is -1.46. The zero-order valence-electron chi connectivity index (χ0n) is 10.3. The van der Waals surface area contributed by atoms with Gasteiger partial charge in [0.1, 0.15) is 12.1 Å². The third-order valence-electron chi connectivity index (χ3n) is 4.10. The highest BCUT2D eigenvalue weighted by molar-refractivity contribution is 9.09. The Morgan fingerprint density at radius 2 is 2.17 bits per heavy atom. The molecule has 1 fully saturated rings. The molecule has 3 unspecified atom stereocenters. The van der Waals surface area contributed by atoms with E-state index >= 15 is 0 Å². The van der Waals surface area contributed by atoms with Gasteiger partial charge >= 0.3 is 0 Å². The summed E-state index contributed by atoms with van der Waals surface area (Å²) in [5, 5.41) is 25.7. The molecule has 1 heterocycles. The van der Waals surface area contributed by atoms with Gasteiger partial charge in [0, 0.05) is 15.8 Å². The van der Waals surface area contributed by atoms with Crippen LogP contribution in [0, 0.1) is 28.6 Å². The van der Waals surface area contributed by atoms with Gasteiger partial charge in [0.25, 0.3) is 0 Å². The molecule has 0 aromatic carbocycles. The van der Waals surface area contributed by atoms with Crippen LogP contribution in [0.4, 0.5) is 0 Å². The summed E-state index contributed by atoms with van der Waals surface area (Å²) >= 11 is 3.65. The van der Waals surface area contributed by atoms with Crippen molar-refractivity contribution in [2.75, 3.05) is 0 Å². The first-order valence-electron chi connectivity index (χ1n) is 5.88. The lowest BCUT2D eigenvalue weighted by atomic mass is 9.55. The van der Waals surface area contributed by atoms with Gasteiger partial charge in [-0.3, -0.25) is 0 Å². The van der Waals surface area contributed by atoms with Crippen LogP contribution in [0.3, 0.4) is 0 Å². The molecule has 3 atom stereocenters. The van der Waals surface area contributed by atoms with Gasteiger partial charge in [0.15, 0.2) is 11.4 Å². The smallest absolute Gasteiger partial charge is 0.167 e. The molecule has 4 nitrogen and oxygen atoms in total. The Kier molecular flexibility index (Phi) is 3.36. The maximum Gasteiger partial charge on any atom is 0.167 e. The second-order valence-electron chi connectivity index (χ2n) is 4.81. The van der Waals surface area contributed by atoms with Crippen molar-refractivity contribution < 1.29 is 0 Å². The molecule has 1 aliphatic carbocycles. The van der Waals surface area contributed by atoms with Crippen molar-refractivity contribution in [3.8, 4) is 12.1 Å². The minimum atomic E-state index is -0.105. The van der Waals surface area contributed by atoms with Crippen molar-refractivity contribution in [3.63, 3.8) is 0 Å². The summed E-state index contributed by atoms with van der Waals surface area (Å²) in [6.07, 6.45) is 2.14. The highest BCUT2D eigenvalue weighted by Gasteiger charge is 2.50. The first-order chi connectivity index (χ1) is 8.56. The van der Waals surface area contributed by atoms with Crippen molar-refractivity contribution in [3.05, 3.63) is 23.0 Å². The lowest BCUT2D eigenvalue weighted by Gasteiger charge is -2.51. The van der Waals surface area contributed by atoms with Crippen LogP contribution in [0.15, 0.2) is 6.07 Å². The van der Waals surface area contributed by atoms with Crippen LogP contribution in [-0.4, -0.2) is 15.0 Å². The number of hydrogen-bond donors (Lipinski definition) is 0. The highest BCUT2D eigenvalue weighted by atomic mass is 79.9. The Bertz CT molecular complexity index is 548. The van der Waals surface area contributed by atoms with Gasteiger partial charge in [-0.15, -0.1) is 10.2 Å². The van der Waals surface area contributed by atoms with Crippen molar-refractivity contribution >= 4 is 15.9 Å². The molecule has 0 N–H and O–H groups in total. The predicted octanol–water partition coefficient (Wildman–Crippen LogP) is 2.67. The lowest BCUT2D eigenvalue weighted by molar-refractivity contribution is 0.139. The van der Waals surface area contributed by atoms with Crippen LogP contribution in [-0.2, 0) is 5.41 Å². The normalized spacial score (nSPS) is 27.7. The lowest BCUT2D eigenvalue weighted by Crippen LogP contribution is -2.49. The third kappa shape index (κ3) is 1.71. The Balaban J connectivity index is 2.62. The highest BCUT2D eigenvalue weighted by Crippen LogP contribution is 2.53. The monoisotopic (exact) mass is 304 g/mol. The largest absolute Gasteiger partial charge is 0.191 e. The zero-order chi connectivity index (χ0) is 13.3. The van der Waals surface area contributed by atoms with Crippen LogP contribution in [0.1, 0.15) is 43.6 Å². The molecule has 5 heteroatoms. The van der Waals surface area contributed by atoms with E-state index in [-0.39, 0.29) is 15.9 Å². The first kappa shape index (κ1) is 13.0. The molecule has 1 aromatic rings. The van der Waals surface area contributed by atoms with Crippen molar-refractivity contribution in [2.24, 2.45) is 5.92 Å². The van der Waals surface area contributed by atoms with Gasteiger partial charge in [-0.25, -0.2) is 0 Å². The van der Waals surface area contributed by atoms with Crippen molar-refractivity contribution in [2.45, 2.75) is 36.9 Å². The molecular formula is C13H13BrN4. The van der Waals surface area contributed by atoms with Gasteiger partial charge in [0.2, 0.25) is 0 Å². The predicted molar refractivity (Wildman–Crippen MR) is 69.9 cm³/mol. The van der Waals surface area contributed by atoms with Crippen LogP contribution >= 0.6 is 15.9 Å². The molecule has 0 radical (unpaired) electrons. The quantitative estimate of drug-likeness (QED) is 0.787. The van der Waals surface area contributed by atoms with Crippen LogP contribution < -0.4 is 0 Å². The van der Waals surface area contributed by atoms with E-state index in [1.54, 1.807) is 6.07 Å². The Morgan fingerprint density at radius 3 is 2.56 bits per heavy atom. The Labute approximate surface area is 115 Å². The number of aromatic nitrogens is 2. The van der Waals surface area contributed by atoms with E-state index in [1.165, 1.54) is 0 Å². The average Bonchev–Trinajstić information content (AvgIpc) is 2.36. The van der Waals surface area contributed by atoms with E-state index in [1.807, 2.05) is 6.07 Å². The number of nitrogens with zero attached hydrogens (tertiary/aromatic N) is 4. The molecule has 92 valence electrons. The number of hydrogen-bond acceptors (Lipinski definition) is 4. The number of alkyl halides is 1. The SMILES string of the molecule is CC(Br)C1(c2cc(C#N)nnc2C#N)CCC1C. The second-order valence-corrected chi connectivity index (χ2v) is 6.19.